The third-order valence-corrected chi connectivity index (χ3v) is 1.82. The van der Waals surface area contributed by atoms with Crippen molar-refractivity contribution in [3.05, 3.63) is 29.8 Å². The van der Waals surface area contributed by atoms with E-state index in [9.17, 15) is 0 Å². The minimum atomic E-state index is 0.886. The van der Waals surface area contributed by atoms with Crippen LogP contribution in [0.4, 0.5) is 0 Å². The molecule has 12 heavy (non-hydrogen) atoms. The molecule has 0 spiro atoms. The van der Waals surface area contributed by atoms with Crippen LogP contribution in [0.1, 0.15) is 12.0 Å². The van der Waals surface area contributed by atoms with Crippen LogP contribution in [-0.2, 0) is 26.4 Å². The van der Waals surface area contributed by atoms with Gasteiger partial charge < -0.3 is 4.74 Å². The fourth-order valence-corrected chi connectivity index (χ4v) is 1.30. The quantitative estimate of drug-likeness (QED) is 0.642. The SMILES string of the molecule is [O]=[Cr].c1ccc2c(c1)CCCO2. The van der Waals surface area contributed by atoms with Crippen molar-refractivity contribution in [3.63, 3.8) is 0 Å². The molecule has 1 aromatic rings. The van der Waals surface area contributed by atoms with E-state index in [0.29, 0.717) is 0 Å². The van der Waals surface area contributed by atoms with Crippen molar-refractivity contribution in [1.82, 2.24) is 0 Å². The van der Waals surface area contributed by atoms with Crippen molar-refractivity contribution >= 4 is 0 Å². The van der Waals surface area contributed by atoms with Crippen molar-refractivity contribution in [1.29, 1.82) is 0 Å². The molecule has 1 heterocycles. The number of para-hydroxylation sites is 1. The molecule has 0 radical (unpaired) electrons. The summed E-state index contributed by atoms with van der Waals surface area (Å²) in [4.78, 5) is 0. The number of benzene rings is 1. The van der Waals surface area contributed by atoms with Gasteiger partial charge in [-0.2, -0.15) is 0 Å². The van der Waals surface area contributed by atoms with E-state index in [1.165, 1.54) is 28.2 Å². The van der Waals surface area contributed by atoms with Gasteiger partial charge in [0.15, 0.2) is 0 Å². The molecule has 0 unspecified atom stereocenters. The van der Waals surface area contributed by atoms with E-state index < -0.39 is 0 Å². The fourth-order valence-electron chi connectivity index (χ4n) is 1.30. The molecule has 0 saturated carbocycles. The van der Waals surface area contributed by atoms with Crippen LogP contribution in [-0.4, -0.2) is 6.61 Å². The van der Waals surface area contributed by atoms with E-state index in [1.807, 2.05) is 12.1 Å². The molecule has 2 nitrogen and oxygen atoms in total. The second-order valence-corrected chi connectivity index (χ2v) is 2.56. The maximum absolute atomic E-state index is 8.12. The van der Waals surface area contributed by atoms with Crippen LogP contribution in [0.2, 0.25) is 0 Å². The summed E-state index contributed by atoms with van der Waals surface area (Å²) in [6, 6.07) is 8.25. The Morgan fingerprint density at radius 1 is 1.25 bits per heavy atom. The summed E-state index contributed by atoms with van der Waals surface area (Å²) in [7, 11) is 0. The Bertz CT molecular complexity index is 225. The van der Waals surface area contributed by atoms with Gasteiger partial charge in [-0.05, 0) is 24.5 Å². The average molecular weight is 202 g/mol. The summed E-state index contributed by atoms with van der Waals surface area (Å²) < 4.78 is 13.5. The molecule has 0 fully saturated rings. The molecule has 0 aliphatic carbocycles. The van der Waals surface area contributed by atoms with Crippen molar-refractivity contribution in [2.24, 2.45) is 0 Å². The van der Waals surface area contributed by atoms with Crippen LogP contribution >= 0.6 is 0 Å². The van der Waals surface area contributed by atoms with E-state index in [-0.39, 0.29) is 0 Å². The average Bonchev–Trinajstić information content (AvgIpc) is 2.21. The van der Waals surface area contributed by atoms with Crippen LogP contribution in [0.15, 0.2) is 24.3 Å². The van der Waals surface area contributed by atoms with Gasteiger partial charge >= 0.3 is 20.0 Å². The molecule has 3 heteroatoms. The molecule has 1 aromatic carbocycles. The van der Waals surface area contributed by atoms with E-state index in [4.69, 9.17) is 8.54 Å². The summed E-state index contributed by atoms with van der Waals surface area (Å²) in [6.07, 6.45) is 2.34. The van der Waals surface area contributed by atoms with E-state index >= 15 is 0 Å². The van der Waals surface area contributed by atoms with Gasteiger partial charge in [0, 0.05) is 0 Å². The van der Waals surface area contributed by atoms with Crippen LogP contribution in [0.25, 0.3) is 0 Å². The number of hydrogen-bond acceptors (Lipinski definition) is 2. The molecule has 64 valence electrons. The van der Waals surface area contributed by atoms with Gasteiger partial charge in [-0.3, -0.25) is 0 Å². The maximum atomic E-state index is 8.12. The van der Waals surface area contributed by atoms with E-state index in [1.54, 1.807) is 0 Å². The van der Waals surface area contributed by atoms with Gasteiger partial charge in [0.1, 0.15) is 5.75 Å². The topological polar surface area (TPSA) is 26.3 Å². The van der Waals surface area contributed by atoms with Crippen molar-refractivity contribution in [2.45, 2.75) is 12.8 Å². The number of rotatable bonds is 0. The zero-order valence-electron chi connectivity index (χ0n) is 6.66. The maximum Gasteiger partial charge on any atom is 0.122 e. The molecule has 2 rings (SSSR count). The molecule has 1 aliphatic heterocycles. The molecule has 0 amide bonds. The minimum Gasteiger partial charge on any atom is -0.493 e. The molecule has 1 aliphatic rings. The Morgan fingerprint density at radius 2 is 2.00 bits per heavy atom. The largest absolute Gasteiger partial charge is 0.493 e. The van der Waals surface area contributed by atoms with Gasteiger partial charge in [0.05, 0.1) is 6.61 Å². The van der Waals surface area contributed by atoms with Crippen molar-refractivity contribution in [3.8, 4) is 5.75 Å². The van der Waals surface area contributed by atoms with Crippen LogP contribution in [0.5, 0.6) is 5.75 Å². The predicted octanol–water partition coefficient (Wildman–Crippen LogP) is 1.89. The first kappa shape index (κ1) is 9.44. The number of aryl methyl sites for hydroxylation is 1. The van der Waals surface area contributed by atoms with E-state index in [0.717, 1.165) is 18.8 Å². The Kier molecular flexibility index (Phi) is 4.00. The summed E-state index contributed by atoms with van der Waals surface area (Å²) in [5, 5.41) is 0. The second-order valence-electron chi connectivity index (χ2n) is 2.56. The molecule has 0 atom stereocenters. The normalized spacial score (nSPS) is 13.3. The molecule has 0 bridgehead atoms. The summed E-state index contributed by atoms with van der Waals surface area (Å²) in [6.45, 7) is 0.886. The predicted molar refractivity (Wildman–Crippen MR) is 40.9 cm³/mol. The first-order valence-corrected chi connectivity index (χ1v) is 4.36. The first-order chi connectivity index (χ1) is 5.97. The van der Waals surface area contributed by atoms with Crippen LogP contribution < -0.4 is 4.74 Å². The monoisotopic (exact) mass is 202 g/mol. The fraction of sp³-hybridized carbons (Fsp3) is 0.333. The molecule has 0 aromatic heterocycles. The van der Waals surface area contributed by atoms with Crippen molar-refractivity contribution < 1.29 is 24.8 Å². The Labute approximate surface area is 80.2 Å². The third-order valence-electron chi connectivity index (χ3n) is 1.82. The molecule has 0 N–H and O–H groups in total. The minimum absolute atomic E-state index is 0.886. The van der Waals surface area contributed by atoms with Crippen LogP contribution in [0.3, 0.4) is 0 Å². The Morgan fingerprint density at radius 3 is 2.75 bits per heavy atom. The molecular weight excluding hydrogens is 192 g/mol. The zero-order valence-corrected chi connectivity index (χ0v) is 7.93. The first-order valence-electron chi connectivity index (χ1n) is 3.84. The van der Waals surface area contributed by atoms with Crippen molar-refractivity contribution in [2.75, 3.05) is 6.61 Å². The smallest absolute Gasteiger partial charge is 0.122 e. The zero-order chi connectivity index (χ0) is 8.81. The van der Waals surface area contributed by atoms with Gasteiger partial charge in [0.2, 0.25) is 0 Å². The molecular formula is C9H10CrO2. The summed E-state index contributed by atoms with van der Waals surface area (Å²) in [5.41, 5.74) is 1.36. The third kappa shape index (κ3) is 2.17. The number of fused-ring (bicyclic) bond motifs is 1. The summed E-state index contributed by atoms with van der Waals surface area (Å²) in [5.74, 6) is 1.08. The number of ether oxygens (including phenoxy) is 1. The Hall–Kier alpha value is -0.648. The Balaban J connectivity index is 0.000000336. The second kappa shape index (κ2) is 5.08. The number of hydrogen-bond donors (Lipinski definition) is 0. The van der Waals surface area contributed by atoms with Gasteiger partial charge in [-0.25, -0.2) is 0 Å². The van der Waals surface area contributed by atoms with Gasteiger partial charge in [0.25, 0.3) is 0 Å². The van der Waals surface area contributed by atoms with Crippen LogP contribution in [0, 0.1) is 0 Å². The van der Waals surface area contributed by atoms with E-state index in [2.05, 4.69) is 12.1 Å². The summed E-state index contributed by atoms with van der Waals surface area (Å²) >= 11 is 1.38. The molecule has 0 saturated heterocycles. The standard InChI is InChI=1S/C9H10O.Cr.O/c1-2-6-9-8(4-1)5-3-7-10-9;;/h1-2,4,6H,3,5,7H2;;. The van der Waals surface area contributed by atoms with Gasteiger partial charge in [-0.1, -0.05) is 18.2 Å². The van der Waals surface area contributed by atoms with Gasteiger partial charge in [-0.15, -0.1) is 0 Å².